The van der Waals surface area contributed by atoms with Crippen LogP contribution in [0.25, 0.3) is 5.69 Å². The molecule has 0 saturated heterocycles. The second kappa shape index (κ2) is 4.51. The van der Waals surface area contributed by atoms with Gasteiger partial charge in [0.2, 0.25) is 0 Å². The molecule has 1 aromatic heterocycles. The monoisotopic (exact) mass is 249 g/mol. The van der Waals surface area contributed by atoms with Crippen LogP contribution in [0.4, 0.5) is 0 Å². The third kappa shape index (κ3) is 2.08. The van der Waals surface area contributed by atoms with E-state index in [9.17, 15) is 0 Å². The molecule has 0 aliphatic carbocycles. The van der Waals surface area contributed by atoms with Crippen LogP contribution in [0.5, 0.6) is 0 Å². The Hall–Kier alpha value is -1.32. The molecule has 3 nitrogen and oxygen atoms in total. The van der Waals surface area contributed by atoms with Crippen molar-refractivity contribution in [1.29, 1.82) is 0 Å². The lowest BCUT2D eigenvalue weighted by molar-refractivity contribution is 0.826. The molecule has 0 fully saturated rings. The predicted molar refractivity (Wildman–Crippen MR) is 70.7 cm³/mol. The number of rotatable bonds is 2. The fourth-order valence-corrected chi connectivity index (χ4v) is 2.18. The molecule has 2 aromatic rings. The van der Waals surface area contributed by atoms with Gasteiger partial charge in [-0.2, -0.15) is 5.10 Å². The first kappa shape index (κ1) is 12.1. The van der Waals surface area contributed by atoms with E-state index in [-0.39, 0.29) is 0 Å². The Morgan fingerprint density at radius 1 is 1.29 bits per heavy atom. The van der Waals surface area contributed by atoms with E-state index in [4.69, 9.17) is 17.3 Å². The lowest BCUT2D eigenvalue weighted by Crippen LogP contribution is -2.03. The standard InChI is InChI=1S/C13H16ClN3/c1-8-4-5-11(14)6-13(8)17-10(3)12(7-15)9(2)16-17/h4-6H,7,15H2,1-3H3. The zero-order chi connectivity index (χ0) is 12.6. The summed E-state index contributed by atoms with van der Waals surface area (Å²) in [7, 11) is 0. The number of nitrogens with two attached hydrogens (primary N) is 1. The van der Waals surface area contributed by atoms with E-state index in [1.807, 2.05) is 43.7 Å². The molecule has 90 valence electrons. The van der Waals surface area contributed by atoms with Gasteiger partial charge in [-0.15, -0.1) is 0 Å². The summed E-state index contributed by atoms with van der Waals surface area (Å²) in [6.45, 7) is 6.57. The number of hydrogen-bond donors (Lipinski definition) is 1. The third-order valence-corrected chi connectivity index (χ3v) is 3.28. The molecule has 0 amide bonds. The number of hydrogen-bond acceptors (Lipinski definition) is 2. The molecule has 0 aliphatic heterocycles. The Morgan fingerprint density at radius 3 is 2.59 bits per heavy atom. The van der Waals surface area contributed by atoms with E-state index in [2.05, 4.69) is 5.10 Å². The molecular formula is C13H16ClN3. The molecule has 0 unspecified atom stereocenters. The third-order valence-electron chi connectivity index (χ3n) is 3.04. The minimum absolute atomic E-state index is 0.511. The molecule has 0 saturated carbocycles. The highest BCUT2D eigenvalue weighted by molar-refractivity contribution is 6.30. The number of halogens is 1. The smallest absolute Gasteiger partial charge is 0.0692 e. The largest absolute Gasteiger partial charge is 0.326 e. The van der Waals surface area contributed by atoms with Crippen molar-refractivity contribution in [2.45, 2.75) is 27.3 Å². The van der Waals surface area contributed by atoms with Gasteiger partial charge in [0.1, 0.15) is 0 Å². The molecule has 2 N–H and O–H groups in total. The van der Waals surface area contributed by atoms with Gasteiger partial charge >= 0.3 is 0 Å². The van der Waals surface area contributed by atoms with E-state index in [1.54, 1.807) is 0 Å². The SMILES string of the molecule is Cc1ccc(Cl)cc1-n1nc(C)c(CN)c1C. The fourth-order valence-electron chi connectivity index (χ4n) is 2.02. The van der Waals surface area contributed by atoms with Crippen LogP contribution in [0.1, 0.15) is 22.5 Å². The molecule has 1 aromatic carbocycles. The van der Waals surface area contributed by atoms with Crippen LogP contribution in [0.3, 0.4) is 0 Å². The number of aryl methyl sites for hydroxylation is 2. The van der Waals surface area contributed by atoms with Crippen LogP contribution in [0, 0.1) is 20.8 Å². The number of benzene rings is 1. The zero-order valence-electron chi connectivity index (χ0n) is 10.3. The van der Waals surface area contributed by atoms with Crippen LogP contribution < -0.4 is 5.73 Å². The topological polar surface area (TPSA) is 43.8 Å². The van der Waals surface area contributed by atoms with Crippen molar-refractivity contribution in [1.82, 2.24) is 9.78 Å². The van der Waals surface area contributed by atoms with Gasteiger partial charge in [-0.1, -0.05) is 17.7 Å². The van der Waals surface area contributed by atoms with Crippen molar-refractivity contribution in [3.05, 3.63) is 45.7 Å². The molecule has 1 heterocycles. The quantitative estimate of drug-likeness (QED) is 0.890. The van der Waals surface area contributed by atoms with Crippen LogP contribution >= 0.6 is 11.6 Å². The van der Waals surface area contributed by atoms with E-state index in [0.717, 1.165) is 28.2 Å². The van der Waals surface area contributed by atoms with Crippen molar-refractivity contribution < 1.29 is 0 Å². The van der Waals surface area contributed by atoms with Gasteiger partial charge < -0.3 is 5.73 Å². The van der Waals surface area contributed by atoms with Crippen LogP contribution in [0.2, 0.25) is 5.02 Å². The van der Waals surface area contributed by atoms with Crippen molar-refractivity contribution >= 4 is 11.6 Å². The molecule has 4 heteroatoms. The fraction of sp³-hybridized carbons (Fsp3) is 0.308. The van der Waals surface area contributed by atoms with Crippen molar-refractivity contribution in [3.8, 4) is 5.69 Å². The van der Waals surface area contributed by atoms with Crippen LogP contribution in [-0.2, 0) is 6.54 Å². The molecule has 17 heavy (non-hydrogen) atoms. The van der Waals surface area contributed by atoms with Gasteiger partial charge in [-0.3, -0.25) is 0 Å². The number of aromatic nitrogens is 2. The van der Waals surface area contributed by atoms with Gasteiger partial charge in [0, 0.05) is 22.8 Å². The van der Waals surface area contributed by atoms with Crippen LogP contribution in [0.15, 0.2) is 18.2 Å². The lowest BCUT2D eigenvalue weighted by Gasteiger charge is -2.09. The summed E-state index contributed by atoms with van der Waals surface area (Å²) >= 11 is 6.03. The summed E-state index contributed by atoms with van der Waals surface area (Å²) in [6.07, 6.45) is 0. The minimum Gasteiger partial charge on any atom is -0.326 e. The summed E-state index contributed by atoms with van der Waals surface area (Å²) in [6, 6.07) is 5.81. The van der Waals surface area contributed by atoms with Crippen molar-refractivity contribution in [3.63, 3.8) is 0 Å². The van der Waals surface area contributed by atoms with Gasteiger partial charge in [-0.05, 0) is 38.5 Å². The Morgan fingerprint density at radius 2 is 2.00 bits per heavy atom. The first-order valence-corrected chi connectivity index (χ1v) is 5.94. The highest BCUT2D eigenvalue weighted by atomic mass is 35.5. The molecule has 0 spiro atoms. The Kier molecular flexibility index (Phi) is 3.22. The summed E-state index contributed by atoms with van der Waals surface area (Å²) in [5, 5.41) is 5.25. The maximum Gasteiger partial charge on any atom is 0.0692 e. The highest BCUT2D eigenvalue weighted by Gasteiger charge is 2.12. The van der Waals surface area contributed by atoms with Gasteiger partial charge in [-0.25, -0.2) is 4.68 Å². The van der Waals surface area contributed by atoms with E-state index in [1.165, 1.54) is 0 Å². The first-order valence-electron chi connectivity index (χ1n) is 5.56. The highest BCUT2D eigenvalue weighted by Crippen LogP contribution is 2.23. The maximum absolute atomic E-state index is 6.03. The summed E-state index contributed by atoms with van der Waals surface area (Å²) < 4.78 is 1.92. The van der Waals surface area contributed by atoms with Crippen molar-refractivity contribution in [2.75, 3.05) is 0 Å². The molecule has 2 rings (SSSR count). The second-order valence-electron chi connectivity index (χ2n) is 4.20. The first-order chi connectivity index (χ1) is 8.04. The van der Waals surface area contributed by atoms with Gasteiger partial charge in [0.05, 0.1) is 11.4 Å². The minimum atomic E-state index is 0.511. The molecule has 0 radical (unpaired) electrons. The van der Waals surface area contributed by atoms with Crippen LogP contribution in [-0.4, -0.2) is 9.78 Å². The Balaban J connectivity index is 2.64. The summed E-state index contributed by atoms with van der Waals surface area (Å²) in [5.41, 5.74) is 11.0. The van der Waals surface area contributed by atoms with E-state index >= 15 is 0 Å². The summed E-state index contributed by atoms with van der Waals surface area (Å²) in [5.74, 6) is 0. The average molecular weight is 250 g/mol. The maximum atomic E-state index is 6.03. The predicted octanol–water partition coefficient (Wildman–Crippen LogP) is 2.91. The molecule has 0 aliphatic rings. The summed E-state index contributed by atoms with van der Waals surface area (Å²) in [4.78, 5) is 0. The lowest BCUT2D eigenvalue weighted by atomic mass is 10.2. The second-order valence-corrected chi connectivity index (χ2v) is 4.63. The number of nitrogens with zero attached hydrogens (tertiary/aromatic N) is 2. The molecule has 0 atom stereocenters. The molecule has 0 bridgehead atoms. The Labute approximate surface area is 106 Å². The van der Waals surface area contributed by atoms with Crippen molar-refractivity contribution in [2.24, 2.45) is 5.73 Å². The average Bonchev–Trinajstić information content (AvgIpc) is 2.57. The van der Waals surface area contributed by atoms with E-state index in [0.29, 0.717) is 11.6 Å². The normalized spacial score (nSPS) is 10.9. The zero-order valence-corrected chi connectivity index (χ0v) is 11.0. The van der Waals surface area contributed by atoms with E-state index < -0.39 is 0 Å². The molecular weight excluding hydrogens is 234 g/mol. The van der Waals surface area contributed by atoms with Gasteiger partial charge in [0.15, 0.2) is 0 Å². The Bertz CT molecular complexity index is 558. The van der Waals surface area contributed by atoms with Gasteiger partial charge in [0.25, 0.3) is 0 Å².